The molecule has 0 aliphatic heterocycles. The zero-order valence-electron chi connectivity index (χ0n) is 19.3. The zero-order valence-corrected chi connectivity index (χ0v) is 19.3. The summed E-state index contributed by atoms with van der Waals surface area (Å²) >= 11 is 0. The van der Waals surface area contributed by atoms with Gasteiger partial charge in [-0.1, -0.05) is 36.4 Å². The average Bonchev–Trinajstić information content (AvgIpc) is 2.89. The van der Waals surface area contributed by atoms with Gasteiger partial charge in [0, 0.05) is 41.8 Å². The van der Waals surface area contributed by atoms with E-state index in [1.807, 2.05) is 36.4 Å². The van der Waals surface area contributed by atoms with E-state index in [1.54, 1.807) is 37.7 Å². The Bertz CT molecular complexity index is 1140. The molecule has 1 aliphatic rings. The van der Waals surface area contributed by atoms with E-state index in [0.717, 1.165) is 48.1 Å². The number of carbonyl (C=O) groups excluding carboxylic acids is 1. The van der Waals surface area contributed by atoms with Gasteiger partial charge in [-0.25, -0.2) is 0 Å². The molecule has 7 heteroatoms. The number of carbonyl (C=O) groups is 1. The number of pyridine rings is 1. The largest absolute Gasteiger partial charge is 0.496 e. The molecule has 2 aromatic carbocycles. The summed E-state index contributed by atoms with van der Waals surface area (Å²) in [5.74, 6) is 0.338. The van der Waals surface area contributed by atoms with Gasteiger partial charge in [0.25, 0.3) is 5.91 Å². The number of nitrogens with zero attached hydrogens (tertiary/aromatic N) is 1. The first kappa shape index (κ1) is 23.4. The van der Waals surface area contributed by atoms with Gasteiger partial charge in [-0.05, 0) is 49.4 Å². The quantitative estimate of drug-likeness (QED) is 0.379. The minimum absolute atomic E-state index is 0.199. The molecular formula is C27H30N4O3. The second-order valence-electron chi connectivity index (χ2n) is 8.53. The third-order valence-corrected chi connectivity index (χ3v) is 6.19. The van der Waals surface area contributed by atoms with Crippen LogP contribution in [0.1, 0.15) is 52.7 Å². The maximum Gasteiger partial charge on any atom is 0.255 e. The normalized spacial score (nSPS) is 17.6. The number of nitrogens with one attached hydrogen (secondary N) is 3. The number of anilines is 1. The van der Waals surface area contributed by atoms with E-state index < -0.39 is 0 Å². The van der Waals surface area contributed by atoms with Crippen LogP contribution in [0.15, 0.2) is 67.0 Å². The molecule has 7 nitrogen and oxygen atoms in total. The highest BCUT2D eigenvalue weighted by Crippen LogP contribution is 2.25. The zero-order chi connectivity index (χ0) is 23.9. The minimum atomic E-state index is -0.203. The topological polar surface area (TPSA) is 107 Å². The standard InChI is InChI=1S/C27H30N4O3/c1-34-25-5-3-2-4-22(25)27(33)30-16-18-6-8-19(9-7-18)26(28)23-17-29-15-14-24(23)31-20-10-12-21(32)13-11-20/h2-9,14-15,17,20-21,28,32H,10-13,16H2,1H3,(H,29,31)(H,30,33). The second-order valence-corrected chi connectivity index (χ2v) is 8.53. The SMILES string of the molecule is COc1ccccc1C(=O)NCc1ccc(C(=N)c2cnccc2NC2CCC(O)CC2)cc1. The van der Waals surface area contributed by atoms with Crippen LogP contribution in [0.3, 0.4) is 0 Å². The smallest absolute Gasteiger partial charge is 0.255 e. The third kappa shape index (κ3) is 5.61. The minimum Gasteiger partial charge on any atom is -0.496 e. The molecule has 4 rings (SSSR count). The summed E-state index contributed by atoms with van der Waals surface area (Å²) in [4.78, 5) is 16.8. The van der Waals surface area contributed by atoms with Crippen LogP contribution in [0.25, 0.3) is 0 Å². The van der Waals surface area contributed by atoms with E-state index in [-0.39, 0.29) is 18.1 Å². The maximum atomic E-state index is 12.5. The van der Waals surface area contributed by atoms with E-state index in [2.05, 4.69) is 15.6 Å². The number of methoxy groups -OCH3 is 1. The van der Waals surface area contributed by atoms with Crippen molar-refractivity contribution in [3.8, 4) is 5.75 Å². The van der Waals surface area contributed by atoms with Crippen molar-refractivity contribution in [2.75, 3.05) is 12.4 Å². The molecule has 34 heavy (non-hydrogen) atoms. The number of hydrogen-bond acceptors (Lipinski definition) is 6. The van der Waals surface area contributed by atoms with Crippen LogP contribution in [0, 0.1) is 5.41 Å². The monoisotopic (exact) mass is 458 g/mol. The van der Waals surface area contributed by atoms with Crippen molar-refractivity contribution in [1.29, 1.82) is 5.41 Å². The molecular weight excluding hydrogens is 428 g/mol. The molecule has 0 radical (unpaired) electrons. The van der Waals surface area contributed by atoms with Gasteiger partial charge in [0.1, 0.15) is 5.75 Å². The van der Waals surface area contributed by atoms with E-state index in [0.29, 0.717) is 23.6 Å². The fourth-order valence-electron chi connectivity index (χ4n) is 4.21. The van der Waals surface area contributed by atoms with Gasteiger partial charge < -0.3 is 20.5 Å². The van der Waals surface area contributed by atoms with Gasteiger partial charge in [0.2, 0.25) is 0 Å². The summed E-state index contributed by atoms with van der Waals surface area (Å²) in [5, 5.41) is 25.0. The molecule has 0 spiro atoms. The summed E-state index contributed by atoms with van der Waals surface area (Å²) in [6.07, 6.45) is 6.64. The summed E-state index contributed by atoms with van der Waals surface area (Å²) in [6, 6.07) is 16.9. The highest BCUT2D eigenvalue weighted by atomic mass is 16.5. The van der Waals surface area contributed by atoms with E-state index >= 15 is 0 Å². The molecule has 0 unspecified atom stereocenters. The van der Waals surface area contributed by atoms with Gasteiger partial charge in [-0.15, -0.1) is 0 Å². The van der Waals surface area contributed by atoms with Gasteiger partial charge in [-0.2, -0.15) is 0 Å². The molecule has 0 bridgehead atoms. The van der Waals surface area contributed by atoms with Gasteiger partial charge in [-0.3, -0.25) is 15.2 Å². The Labute approximate surface area is 199 Å². The Morgan fingerprint density at radius 2 is 1.79 bits per heavy atom. The molecule has 3 aromatic rings. The van der Waals surface area contributed by atoms with Crippen molar-refractivity contribution in [1.82, 2.24) is 10.3 Å². The van der Waals surface area contributed by atoms with Crippen LogP contribution in [-0.4, -0.2) is 41.0 Å². The van der Waals surface area contributed by atoms with Gasteiger partial charge >= 0.3 is 0 Å². The van der Waals surface area contributed by atoms with Crippen molar-refractivity contribution in [3.63, 3.8) is 0 Å². The highest BCUT2D eigenvalue weighted by molar-refractivity contribution is 6.13. The fourth-order valence-corrected chi connectivity index (χ4v) is 4.21. The number of amides is 1. The number of aromatic nitrogens is 1. The molecule has 0 atom stereocenters. The van der Waals surface area contributed by atoms with Crippen LogP contribution in [0.4, 0.5) is 5.69 Å². The molecule has 4 N–H and O–H groups in total. The lowest BCUT2D eigenvalue weighted by Crippen LogP contribution is -2.28. The predicted molar refractivity (Wildman–Crippen MR) is 133 cm³/mol. The molecule has 176 valence electrons. The number of aliphatic hydroxyl groups excluding tert-OH is 1. The van der Waals surface area contributed by atoms with Crippen LogP contribution in [-0.2, 0) is 6.54 Å². The number of para-hydroxylation sites is 1. The summed E-state index contributed by atoms with van der Waals surface area (Å²) in [7, 11) is 1.54. The second kappa shape index (κ2) is 10.9. The predicted octanol–water partition coefficient (Wildman–Crippen LogP) is 4.15. The Kier molecular flexibility index (Phi) is 7.54. The van der Waals surface area contributed by atoms with Crippen molar-refractivity contribution >= 4 is 17.3 Å². The lowest BCUT2D eigenvalue weighted by molar-refractivity contribution is 0.0948. The highest BCUT2D eigenvalue weighted by Gasteiger charge is 2.21. The molecule has 1 amide bonds. The molecule has 1 aliphatic carbocycles. The lowest BCUT2D eigenvalue weighted by atomic mass is 9.92. The molecule has 1 aromatic heterocycles. The number of ether oxygens (including phenoxy) is 1. The van der Waals surface area contributed by atoms with Crippen molar-refractivity contribution in [2.45, 2.75) is 44.4 Å². The Balaban J connectivity index is 1.40. The van der Waals surface area contributed by atoms with Crippen LogP contribution in [0.5, 0.6) is 5.75 Å². The Morgan fingerprint density at radius 1 is 1.06 bits per heavy atom. The van der Waals surface area contributed by atoms with Gasteiger partial charge in [0.15, 0.2) is 0 Å². The summed E-state index contributed by atoms with van der Waals surface area (Å²) in [5.41, 5.74) is 4.21. The molecule has 1 saturated carbocycles. The number of benzene rings is 2. The summed E-state index contributed by atoms with van der Waals surface area (Å²) in [6.45, 7) is 0.373. The van der Waals surface area contributed by atoms with E-state index in [4.69, 9.17) is 10.1 Å². The van der Waals surface area contributed by atoms with Crippen LogP contribution >= 0.6 is 0 Å². The molecule has 1 heterocycles. The molecule has 1 fully saturated rings. The Morgan fingerprint density at radius 3 is 2.53 bits per heavy atom. The van der Waals surface area contributed by atoms with Crippen LogP contribution in [0.2, 0.25) is 0 Å². The molecule has 0 saturated heterocycles. The fraction of sp³-hybridized carbons (Fsp3) is 0.296. The third-order valence-electron chi connectivity index (χ3n) is 6.19. The average molecular weight is 459 g/mol. The van der Waals surface area contributed by atoms with Crippen molar-refractivity contribution in [2.24, 2.45) is 0 Å². The Hall–Kier alpha value is -3.71. The lowest BCUT2D eigenvalue weighted by Gasteiger charge is -2.27. The van der Waals surface area contributed by atoms with Crippen molar-refractivity contribution in [3.05, 3.63) is 89.2 Å². The van der Waals surface area contributed by atoms with Crippen LogP contribution < -0.4 is 15.4 Å². The first-order valence-electron chi connectivity index (χ1n) is 11.5. The number of rotatable bonds is 8. The number of aliphatic hydroxyl groups is 1. The van der Waals surface area contributed by atoms with E-state index in [1.165, 1.54) is 0 Å². The summed E-state index contributed by atoms with van der Waals surface area (Å²) < 4.78 is 5.26. The number of hydrogen-bond donors (Lipinski definition) is 4. The van der Waals surface area contributed by atoms with Crippen molar-refractivity contribution < 1.29 is 14.6 Å². The van der Waals surface area contributed by atoms with E-state index in [9.17, 15) is 9.90 Å². The first-order valence-corrected chi connectivity index (χ1v) is 11.5. The van der Waals surface area contributed by atoms with Gasteiger partial charge in [0.05, 0.1) is 24.5 Å². The maximum absolute atomic E-state index is 12.5. The first-order chi connectivity index (χ1) is 16.5.